The lowest BCUT2D eigenvalue weighted by molar-refractivity contribution is -0.133. The van der Waals surface area contributed by atoms with Gasteiger partial charge in [0.25, 0.3) is 0 Å². The molecule has 1 rings (SSSR count). The zero-order valence-corrected chi connectivity index (χ0v) is 18.2. The number of rotatable bonds is 12. The van der Waals surface area contributed by atoms with Crippen LogP contribution in [0.2, 0.25) is 18.1 Å². The van der Waals surface area contributed by atoms with Gasteiger partial charge in [0.2, 0.25) is 0 Å². The van der Waals surface area contributed by atoms with Crippen molar-refractivity contribution in [3.63, 3.8) is 0 Å². The van der Waals surface area contributed by atoms with E-state index in [-0.39, 0.29) is 0 Å². The SMILES string of the molecule is CCCCCC(C)=C(C(=O)O)C(O[Si](CC)(CC)CC)c1ccccc1. The molecule has 146 valence electrons. The summed E-state index contributed by atoms with van der Waals surface area (Å²) >= 11 is 0. The minimum atomic E-state index is -1.95. The third-order valence-corrected chi connectivity index (χ3v) is 10.1. The Hall–Kier alpha value is -1.39. The molecule has 0 saturated carbocycles. The maximum atomic E-state index is 12.2. The molecule has 0 bridgehead atoms. The molecule has 0 amide bonds. The Balaban J connectivity index is 3.36. The molecule has 4 heteroatoms. The fourth-order valence-electron chi connectivity index (χ4n) is 3.46. The summed E-state index contributed by atoms with van der Waals surface area (Å²) in [5.74, 6) is -0.848. The van der Waals surface area contributed by atoms with Crippen molar-refractivity contribution in [2.75, 3.05) is 0 Å². The van der Waals surface area contributed by atoms with Crippen LogP contribution in [0.25, 0.3) is 0 Å². The monoisotopic (exact) mass is 376 g/mol. The van der Waals surface area contributed by atoms with E-state index in [0.717, 1.165) is 55.0 Å². The number of hydrogen-bond donors (Lipinski definition) is 1. The van der Waals surface area contributed by atoms with Crippen molar-refractivity contribution in [3.8, 4) is 0 Å². The molecule has 3 nitrogen and oxygen atoms in total. The van der Waals surface area contributed by atoms with Gasteiger partial charge < -0.3 is 9.53 Å². The third kappa shape index (κ3) is 6.10. The van der Waals surface area contributed by atoms with Crippen molar-refractivity contribution in [2.24, 2.45) is 0 Å². The summed E-state index contributed by atoms with van der Waals surface area (Å²) in [7, 11) is -1.95. The van der Waals surface area contributed by atoms with Gasteiger partial charge in [-0.2, -0.15) is 0 Å². The van der Waals surface area contributed by atoms with Crippen LogP contribution in [0.5, 0.6) is 0 Å². The molecule has 26 heavy (non-hydrogen) atoms. The third-order valence-electron chi connectivity index (χ3n) is 5.51. The summed E-state index contributed by atoms with van der Waals surface area (Å²) in [6, 6.07) is 12.9. The van der Waals surface area contributed by atoms with Crippen LogP contribution in [0.1, 0.15) is 72.0 Å². The Kier molecular flexibility index (Phi) is 9.88. The quantitative estimate of drug-likeness (QED) is 0.250. The molecule has 0 aromatic heterocycles. The summed E-state index contributed by atoms with van der Waals surface area (Å²) in [5, 5.41) is 10.0. The number of hydrogen-bond acceptors (Lipinski definition) is 2. The standard InChI is InChI=1S/C22H36O3Si/c1-6-10-12-15-18(5)20(22(23)24)21(19-16-13-11-14-17-19)25-26(7-2,8-3)9-4/h11,13-14,16-17,21H,6-10,12,15H2,1-5H3,(H,23,24). The Morgan fingerprint density at radius 2 is 1.62 bits per heavy atom. The molecule has 0 heterocycles. The summed E-state index contributed by atoms with van der Waals surface area (Å²) in [6.07, 6.45) is 3.63. The molecule has 0 aliphatic heterocycles. The van der Waals surface area contributed by atoms with Gasteiger partial charge in [-0.15, -0.1) is 0 Å². The van der Waals surface area contributed by atoms with Gasteiger partial charge in [0, 0.05) is 0 Å². The van der Waals surface area contributed by atoms with Gasteiger partial charge >= 0.3 is 5.97 Å². The number of benzene rings is 1. The average molecular weight is 377 g/mol. The smallest absolute Gasteiger partial charge is 0.334 e. The van der Waals surface area contributed by atoms with Crippen LogP contribution >= 0.6 is 0 Å². The average Bonchev–Trinajstić information content (AvgIpc) is 2.66. The second kappa shape index (κ2) is 11.3. The van der Waals surface area contributed by atoms with E-state index >= 15 is 0 Å². The first-order valence-corrected chi connectivity index (χ1v) is 12.6. The number of aliphatic carboxylic acids is 1. The first-order chi connectivity index (χ1) is 12.4. The van der Waals surface area contributed by atoms with Gasteiger partial charge in [-0.1, -0.05) is 76.4 Å². The molecule has 1 aromatic carbocycles. The highest BCUT2D eigenvalue weighted by Gasteiger charge is 2.36. The molecule has 1 N–H and O–H groups in total. The second-order valence-electron chi connectivity index (χ2n) is 7.11. The van der Waals surface area contributed by atoms with E-state index in [2.05, 4.69) is 27.7 Å². The van der Waals surface area contributed by atoms with Crippen molar-refractivity contribution < 1.29 is 14.3 Å². The van der Waals surface area contributed by atoms with Crippen molar-refractivity contribution in [1.29, 1.82) is 0 Å². The second-order valence-corrected chi connectivity index (χ2v) is 11.8. The Labute approximate surface area is 160 Å². The molecule has 0 aliphatic rings. The topological polar surface area (TPSA) is 46.5 Å². The summed E-state index contributed by atoms with van der Waals surface area (Å²) in [6.45, 7) is 10.7. The number of carbonyl (C=O) groups is 1. The van der Waals surface area contributed by atoms with Crippen LogP contribution in [0.3, 0.4) is 0 Å². The predicted octanol–water partition coefficient (Wildman–Crippen LogP) is 6.73. The van der Waals surface area contributed by atoms with E-state index in [1.165, 1.54) is 0 Å². The summed E-state index contributed by atoms with van der Waals surface area (Å²) < 4.78 is 6.72. The van der Waals surface area contributed by atoms with Gasteiger partial charge in [0.1, 0.15) is 6.10 Å². The molecule has 0 saturated heterocycles. The number of carboxylic acid groups (broad SMARTS) is 1. The molecule has 0 spiro atoms. The van der Waals surface area contributed by atoms with E-state index in [1.807, 2.05) is 37.3 Å². The van der Waals surface area contributed by atoms with Crippen LogP contribution in [0.4, 0.5) is 0 Å². The van der Waals surface area contributed by atoms with Gasteiger partial charge in [-0.3, -0.25) is 0 Å². The maximum Gasteiger partial charge on any atom is 0.334 e. The van der Waals surface area contributed by atoms with Crippen molar-refractivity contribution >= 4 is 14.3 Å². The Morgan fingerprint density at radius 3 is 2.08 bits per heavy atom. The largest absolute Gasteiger partial charge is 0.478 e. The molecule has 0 radical (unpaired) electrons. The molecule has 0 aliphatic carbocycles. The fraction of sp³-hybridized carbons (Fsp3) is 0.591. The van der Waals surface area contributed by atoms with Crippen LogP contribution in [-0.4, -0.2) is 19.4 Å². The number of carboxylic acids is 1. The lowest BCUT2D eigenvalue weighted by Gasteiger charge is -2.34. The molecular weight excluding hydrogens is 340 g/mol. The predicted molar refractivity (Wildman–Crippen MR) is 112 cm³/mol. The van der Waals surface area contributed by atoms with E-state index in [9.17, 15) is 9.90 Å². The Morgan fingerprint density at radius 1 is 1.04 bits per heavy atom. The van der Waals surface area contributed by atoms with Crippen molar-refractivity contribution in [3.05, 3.63) is 47.0 Å². The minimum Gasteiger partial charge on any atom is -0.478 e. The molecule has 1 atom stereocenters. The number of allylic oxidation sites excluding steroid dienone is 1. The van der Waals surface area contributed by atoms with E-state index in [1.54, 1.807) is 0 Å². The van der Waals surface area contributed by atoms with E-state index < -0.39 is 20.4 Å². The highest BCUT2D eigenvalue weighted by atomic mass is 28.4. The molecule has 0 fully saturated rings. The van der Waals surface area contributed by atoms with Crippen LogP contribution in [0.15, 0.2) is 41.5 Å². The van der Waals surface area contributed by atoms with Crippen molar-refractivity contribution in [1.82, 2.24) is 0 Å². The van der Waals surface area contributed by atoms with E-state index in [0.29, 0.717) is 5.57 Å². The van der Waals surface area contributed by atoms with Crippen LogP contribution in [0, 0.1) is 0 Å². The minimum absolute atomic E-state index is 0.444. The first-order valence-electron chi connectivity index (χ1n) is 10.1. The fourth-order valence-corrected chi connectivity index (χ4v) is 6.22. The van der Waals surface area contributed by atoms with Gasteiger partial charge in [-0.05, 0) is 43.5 Å². The molecule has 1 aromatic rings. The zero-order chi connectivity index (χ0) is 19.6. The zero-order valence-electron chi connectivity index (χ0n) is 17.2. The summed E-state index contributed by atoms with van der Waals surface area (Å²) in [4.78, 5) is 12.2. The van der Waals surface area contributed by atoms with E-state index in [4.69, 9.17) is 4.43 Å². The molecule has 1 unspecified atom stereocenters. The lowest BCUT2D eigenvalue weighted by Crippen LogP contribution is -2.38. The highest BCUT2D eigenvalue weighted by molar-refractivity contribution is 6.73. The highest BCUT2D eigenvalue weighted by Crippen LogP contribution is 2.36. The van der Waals surface area contributed by atoms with Crippen molar-refractivity contribution in [2.45, 2.75) is 84.5 Å². The van der Waals surface area contributed by atoms with Gasteiger partial charge in [-0.25, -0.2) is 4.79 Å². The van der Waals surface area contributed by atoms with Gasteiger partial charge in [0.15, 0.2) is 8.32 Å². The van der Waals surface area contributed by atoms with Gasteiger partial charge in [0.05, 0.1) is 5.57 Å². The first kappa shape index (κ1) is 22.6. The Bertz CT molecular complexity index is 568. The molecular formula is C22H36O3Si. The summed E-state index contributed by atoms with van der Waals surface area (Å²) in [5.41, 5.74) is 2.34. The maximum absolute atomic E-state index is 12.2. The van der Waals surface area contributed by atoms with Crippen LogP contribution < -0.4 is 0 Å². The van der Waals surface area contributed by atoms with Crippen LogP contribution in [-0.2, 0) is 9.22 Å². The number of unbranched alkanes of at least 4 members (excludes halogenated alkanes) is 2. The lowest BCUT2D eigenvalue weighted by atomic mass is 9.95. The normalized spacial score (nSPS) is 14.0.